The number of carbonyl (C=O) groups excluding carboxylic acids is 1. The number of nitrogens with one attached hydrogen (secondary N) is 2. The molecule has 0 aromatic heterocycles. The van der Waals surface area contributed by atoms with E-state index in [0.29, 0.717) is 6.42 Å². The Morgan fingerprint density at radius 2 is 1.85 bits per heavy atom. The van der Waals surface area contributed by atoms with Gasteiger partial charge in [-0.15, -0.1) is 0 Å². The summed E-state index contributed by atoms with van der Waals surface area (Å²) in [5.74, 6) is 0.156. The van der Waals surface area contributed by atoms with Crippen molar-refractivity contribution < 1.29 is 4.79 Å². The van der Waals surface area contributed by atoms with E-state index in [1.807, 2.05) is 7.05 Å². The summed E-state index contributed by atoms with van der Waals surface area (Å²) >= 11 is 0. The molecule has 13 heavy (non-hydrogen) atoms. The van der Waals surface area contributed by atoms with Gasteiger partial charge < -0.3 is 10.6 Å². The quantitative estimate of drug-likeness (QED) is 0.632. The van der Waals surface area contributed by atoms with Gasteiger partial charge in [0.25, 0.3) is 0 Å². The van der Waals surface area contributed by atoms with Crippen LogP contribution in [-0.4, -0.2) is 26.0 Å². The monoisotopic (exact) mass is 186 g/mol. The number of rotatable bonds is 5. The Kier molecular flexibility index (Phi) is 5.71. The maximum Gasteiger partial charge on any atom is 0.220 e. The number of hydrogen-bond donors (Lipinski definition) is 2. The lowest BCUT2D eigenvalue weighted by molar-refractivity contribution is -0.122. The zero-order chi connectivity index (χ0) is 10.3. The third kappa shape index (κ3) is 9.34. The van der Waals surface area contributed by atoms with Crippen molar-refractivity contribution >= 4 is 5.91 Å². The first kappa shape index (κ1) is 12.4. The van der Waals surface area contributed by atoms with Crippen LogP contribution in [0.2, 0.25) is 0 Å². The van der Waals surface area contributed by atoms with Gasteiger partial charge in [-0.2, -0.15) is 0 Å². The molecule has 3 nitrogen and oxygen atoms in total. The highest BCUT2D eigenvalue weighted by Gasteiger charge is 2.14. The van der Waals surface area contributed by atoms with Crippen molar-refractivity contribution in [3.8, 4) is 0 Å². The summed E-state index contributed by atoms with van der Waals surface area (Å²) in [6, 6.07) is 0. The zero-order valence-corrected chi connectivity index (χ0v) is 9.24. The van der Waals surface area contributed by atoms with Crippen LogP contribution >= 0.6 is 0 Å². The summed E-state index contributed by atoms with van der Waals surface area (Å²) in [6.45, 7) is 7.94. The average molecular weight is 186 g/mol. The SMILES string of the molecule is CNCCCNC(=O)CC(C)(C)C. The van der Waals surface area contributed by atoms with E-state index in [9.17, 15) is 4.79 Å². The zero-order valence-electron chi connectivity index (χ0n) is 9.24. The van der Waals surface area contributed by atoms with Crippen LogP contribution in [0.1, 0.15) is 33.6 Å². The van der Waals surface area contributed by atoms with Gasteiger partial charge in [0.1, 0.15) is 0 Å². The molecule has 0 aliphatic carbocycles. The molecule has 78 valence electrons. The van der Waals surface area contributed by atoms with Crippen LogP contribution in [0.3, 0.4) is 0 Å². The van der Waals surface area contributed by atoms with Crippen LogP contribution in [0.5, 0.6) is 0 Å². The Morgan fingerprint density at radius 1 is 1.23 bits per heavy atom. The molecule has 0 radical (unpaired) electrons. The second kappa shape index (κ2) is 5.97. The molecule has 0 aromatic rings. The number of hydrogen-bond acceptors (Lipinski definition) is 2. The molecular weight excluding hydrogens is 164 g/mol. The van der Waals surface area contributed by atoms with E-state index in [-0.39, 0.29) is 11.3 Å². The van der Waals surface area contributed by atoms with Gasteiger partial charge in [-0.3, -0.25) is 4.79 Å². The Hall–Kier alpha value is -0.570. The molecule has 0 spiro atoms. The van der Waals surface area contributed by atoms with E-state index in [0.717, 1.165) is 19.5 Å². The molecule has 3 heteroatoms. The summed E-state index contributed by atoms with van der Waals surface area (Å²) in [5.41, 5.74) is 0.0904. The number of carbonyl (C=O) groups is 1. The third-order valence-corrected chi connectivity index (χ3v) is 1.62. The van der Waals surface area contributed by atoms with Crippen LogP contribution in [0.25, 0.3) is 0 Å². The minimum Gasteiger partial charge on any atom is -0.356 e. The Labute approximate surface area is 81.3 Å². The van der Waals surface area contributed by atoms with Crippen LogP contribution in [0.15, 0.2) is 0 Å². The molecule has 2 N–H and O–H groups in total. The second-order valence-electron chi connectivity index (χ2n) is 4.54. The molecule has 0 bridgehead atoms. The highest BCUT2D eigenvalue weighted by atomic mass is 16.1. The van der Waals surface area contributed by atoms with E-state index < -0.39 is 0 Å². The molecule has 0 atom stereocenters. The summed E-state index contributed by atoms with van der Waals surface area (Å²) < 4.78 is 0. The average Bonchev–Trinajstić information content (AvgIpc) is 1.94. The summed E-state index contributed by atoms with van der Waals surface area (Å²) in [6.07, 6.45) is 1.60. The Bertz CT molecular complexity index is 149. The lowest BCUT2D eigenvalue weighted by Crippen LogP contribution is -2.29. The van der Waals surface area contributed by atoms with Gasteiger partial charge in [-0.05, 0) is 25.4 Å². The summed E-state index contributed by atoms with van der Waals surface area (Å²) in [5, 5.41) is 5.93. The molecular formula is C10H22N2O. The van der Waals surface area contributed by atoms with E-state index in [4.69, 9.17) is 0 Å². The summed E-state index contributed by atoms with van der Waals surface area (Å²) in [4.78, 5) is 11.3. The molecule has 0 heterocycles. The minimum absolute atomic E-state index is 0.0904. The standard InChI is InChI=1S/C10H22N2O/c1-10(2,3)8-9(13)12-7-5-6-11-4/h11H,5-8H2,1-4H3,(H,12,13). The fourth-order valence-corrected chi connectivity index (χ4v) is 1.04. The van der Waals surface area contributed by atoms with E-state index in [1.54, 1.807) is 0 Å². The van der Waals surface area contributed by atoms with Crippen LogP contribution < -0.4 is 10.6 Å². The van der Waals surface area contributed by atoms with E-state index in [2.05, 4.69) is 31.4 Å². The highest BCUT2D eigenvalue weighted by Crippen LogP contribution is 2.17. The van der Waals surface area contributed by atoms with Gasteiger partial charge >= 0.3 is 0 Å². The first-order valence-electron chi connectivity index (χ1n) is 4.87. The van der Waals surface area contributed by atoms with Crippen molar-refractivity contribution in [3.63, 3.8) is 0 Å². The molecule has 0 unspecified atom stereocenters. The Balaban J connectivity index is 3.41. The largest absolute Gasteiger partial charge is 0.356 e. The van der Waals surface area contributed by atoms with Crippen molar-refractivity contribution in [1.82, 2.24) is 10.6 Å². The van der Waals surface area contributed by atoms with Gasteiger partial charge in [-0.25, -0.2) is 0 Å². The molecule has 0 aliphatic heterocycles. The highest BCUT2D eigenvalue weighted by molar-refractivity contribution is 5.76. The van der Waals surface area contributed by atoms with Gasteiger partial charge in [0.05, 0.1) is 0 Å². The topological polar surface area (TPSA) is 41.1 Å². The molecule has 0 aromatic carbocycles. The van der Waals surface area contributed by atoms with Crippen molar-refractivity contribution in [3.05, 3.63) is 0 Å². The molecule has 0 rings (SSSR count). The van der Waals surface area contributed by atoms with Gasteiger partial charge in [0.15, 0.2) is 0 Å². The number of amides is 1. The molecule has 0 fully saturated rings. The predicted octanol–water partition coefficient (Wildman–Crippen LogP) is 1.15. The van der Waals surface area contributed by atoms with Crippen LogP contribution in [0.4, 0.5) is 0 Å². The first-order chi connectivity index (χ1) is 5.95. The van der Waals surface area contributed by atoms with Crippen molar-refractivity contribution in [1.29, 1.82) is 0 Å². The fraction of sp³-hybridized carbons (Fsp3) is 0.900. The fourth-order valence-electron chi connectivity index (χ4n) is 1.04. The Morgan fingerprint density at radius 3 is 2.31 bits per heavy atom. The molecule has 1 amide bonds. The van der Waals surface area contributed by atoms with E-state index in [1.165, 1.54) is 0 Å². The third-order valence-electron chi connectivity index (χ3n) is 1.62. The van der Waals surface area contributed by atoms with Crippen molar-refractivity contribution in [2.75, 3.05) is 20.1 Å². The normalized spacial score (nSPS) is 11.4. The van der Waals surface area contributed by atoms with Gasteiger partial charge in [0.2, 0.25) is 5.91 Å². The maximum atomic E-state index is 11.3. The smallest absolute Gasteiger partial charge is 0.220 e. The van der Waals surface area contributed by atoms with Gasteiger partial charge in [-0.1, -0.05) is 20.8 Å². The maximum absolute atomic E-state index is 11.3. The lowest BCUT2D eigenvalue weighted by atomic mass is 9.92. The molecule has 0 saturated carbocycles. The lowest BCUT2D eigenvalue weighted by Gasteiger charge is -2.17. The van der Waals surface area contributed by atoms with Crippen LogP contribution in [-0.2, 0) is 4.79 Å². The summed E-state index contributed by atoms with van der Waals surface area (Å²) in [7, 11) is 1.91. The van der Waals surface area contributed by atoms with Crippen molar-refractivity contribution in [2.45, 2.75) is 33.6 Å². The second-order valence-corrected chi connectivity index (χ2v) is 4.54. The van der Waals surface area contributed by atoms with E-state index >= 15 is 0 Å². The van der Waals surface area contributed by atoms with Crippen molar-refractivity contribution in [2.24, 2.45) is 5.41 Å². The first-order valence-corrected chi connectivity index (χ1v) is 4.87. The predicted molar refractivity (Wildman–Crippen MR) is 55.6 cm³/mol. The minimum atomic E-state index is 0.0904. The van der Waals surface area contributed by atoms with Crippen LogP contribution in [0, 0.1) is 5.41 Å². The molecule has 0 aliphatic rings. The van der Waals surface area contributed by atoms with Gasteiger partial charge in [0, 0.05) is 13.0 Å². The molecule has 0 saturated heterocycles.